The maximum Gasteiger partial charge on any atom is 0.138 e. The number of aryl methyl sites for hydroxylation is 3. The molecular weight excluding hydrogens is 299 g/mol. The largest absolute Gasteiger partial charge is 0.279 e. The highest BCUT2D eigenvalue weighted by molar-refractivity contribution is 7.00. The Bertz CT molecular complexity index is 606. The van der Waals surface area contributed by atoms with E-state index >= 15 is 0 Å². The van der Waals surface area contributed by atoms with Crippen LogP contribution in [0.5, 0.6) is 0 Å². The minimum Gasteiger partial charge on any atom is -0.279 e. The van der Waals surface area contributed by atoms with E-state index in [1.807, 2.05) is 12.1 Å². The van der Waals surface area contributed by atoms with Crippen molar-refractivity contribution in [2.24, 2.45) is 0 Å². The van der Waals surface area contributed by atoms with Crippen molar-refractivity contribution in [2.75, 3.05) is 0 Å². The fourth-order valence-electron chi connectivity index (χ4n) is 2.46. The van der Waals surface area contributed by atoms with E-state index in [9.17, 15) is 0 Å². The van der Waals surface area contributed by atoms with Crippen LogP contribution in [-0.2, 0) is 4.57 Å². The molecule has 0 amide bonds. The van der Waals surface area contributed by atoms with Gasteiger partial charge in [0.2, 0.25) is 0 Å². The molecular formula is C21H23OP. The van der Waals surface area contributed by atoms with Gasteiger partial charge >= 0.3 is 0 Å². The SMILES string of the molecule is Cc1cc(C)cc(C)c1.O=P.c1ccc(-c2ccccc2)cc1. The first-order chi connectivity index (χ1) is 11.1. The summed E-state index contributed by atoms with van der Waals surface area (Å²) >= 11 is 0. The standard InChI is InChI=1S/C12H10.C9H12.HOP/c1-3-7-11(8-4-1)12-9-5-2-6-10-12;1-7-4-8(2)6-9(3)5-7;1-2/h1-10H;4-6H,1-3H3;2H. The number of benzene rings is 3. The topological polar surface area (TPSA) is 17.1 Å². The third-order valence-electron chi connectivity index (χ3n) is 3.25. The molecule has 1 nitrogen and oxygen atoms in total. The minimum absolute atomic E-state index is 1.28. The molecule has 3 aromatic rings. The van der Waals surface area contributed by atoms with Crippen molar-refractivity contribution in [3.8, 4) is 11.1 Å². The average molecular weight is 322 g/mol. The predicted octanol–water partition coefficient (Wildman–Crippen LogP) is 6.44. The molecule has 0 saturated heterocycles. The third-order valence-corrected chi connectivity index (χ3v) is 3.25. The summed E-state index contributed by atoms with van der Waals surface area (Å²) in [5, 5.41) is 0. The highest BCUT2D eigenvalue weighted by atomic mass is 31.0. The number of hydrogen-bond donors (Lipinski definition) is 0. The predicted molar refractivity (Wildman–Crippen MR) is 102 cm³/mol. The van der Waals surface area contributed by atoms with Crippen LogP contribution < -0.4 is 0 Å². The lowest BCUT2D eigenvalue weighted by Gasteiger charge is -1.98. The Labute approximate surface area is 141 Å². The third kappa shape index (κ3) is 7.04. The van der Waals surface area contributed by atoms with Crippen molar-refractivity contribution < 1.29 is 4.57 Å². The van der Waals surface area contributed by atoms with Gasteiger partial charge in [0.1, 0.15) is 9.12 Å². The highest BCUT2D eigenvalue weighted by Crippen LogP contribution is 2.17. The van der Waals surface area contributed by atoms with Crippen molar-refractivity contribution in [3.05, 3.63) is 95.6 Å². The molecule has 118 valence electrons. The Morgan fingerprint density at radius 2 is 0.783 bits per heavy atom. The van der Waals surface area contributed by atoms with E-state index in [0.29, 0.717) is 0 Å². The van der Waals surface area contributed by atoms with Crippen LogP contribution in [-0.4, -0.2) is 0 Å². The molecule has 0 radical (unpaired) electrons. The van der Waals surface area contributed by atoms with Gasteiger partial charge in [-0.25, -0.2) is 0 Å². The normalized spacial score (nSPS) is 9.00. The maximum absolute atomic E-state index is 8.06. The summed E-state index contributed by atoms with van der Waals surface area (Å²) in [4.78, 5) is 0. The zero-order valence-corrected chi connectivity index (χ0v) is 14.9. The molecule has 0 saturated carbocycles. The van der Waals surface area contributed by atoms with E-state index in [2.05, 4.69) is 87.5 Å². The summed E-state index contributed by atoms with van der Waals surface area (Å²) in [6.07, 6.45) is 0. The minimum atomic E-state index is 1.28. The average Bonchev–Trinajstić information content (AvgIpc) is 2.58. The molecule has 0 aliphatic heterocycles. The molecule has 0 fully saturated rings. The van der Waals surface area contributed by atoms with Gasteiger partial charge < -0.3 is 0 Å². The molecule has 3 aromatic carbocycles. The van der Waals surface area contributed by atoms with E-state index in [4.69, 9.17) is 4.57 Å². The first-order valence-electron chi connectivity index (χ1n) is 7.51. The van der Waals surface area contributed by atoms with Gasteiger partial charge in [0.05, 0.1) is 0 Å². The summed E-state index contributed by atoms with van der Waals surface area (Å²) < 4.78 is 8.06. The molecule has 0 aliphatic carbocycles. The van der Waals surface area contributed by atoms with Crippen LogP contribution >= 0.6 is 9.12 Å². The second kappa shape index (κ2) is 10.5. The van der Waals surface area contributed by atoms with Gasteiger partial charge in [-0.15, -0.1) is 0 Å². The Balaban J connectivity index is 0.000000215. The van der Waals surface area contributed by atoms with Gasteiger partial charge in [-0.1, -0.05) is 95.6 Å². The molecule has 0 aromatic heterocycles. The monoisotopic (exact) mass is 322 g/mol. The molecule has 0 heterocycles. The van der Waals surface area contributed by atoms with Gasteiger partial charge in [0, 0.05) is 0 Å². The van der Waals surface area contributed by atoms with E-state index in [1.165, 1.54) is 27.8 Å². The lowest BCUT2D eigenvalue weighted by molar-refractivity contribution is 0.607. The van der Waals surface area contributed by atoms with Crippen LogP contribution in [0, 0.1) is 20.8 Å². The highest BCUT2D eigenvalue weighted by Gasteiger charge is 1.91. The first kappa shape index (κ1) is 18.8. The van der Waals surface area contributed by atoms with Gasteiger partial charge in [-0.05, 0) is 31.9 Å². The van der Waals surface area contributed by atoms with Crippen molar-refractivity contribution in [3.63, 3.8) is 0 Å². The van der Waals surface area contributed by atoms with Crippen LogP contribution in [0.2, 0.25) is 0 Å². The summed E-state index contributed by atoms with van der Waals surface area (Å²) in [6, 6.07) is 27.3. The second-order valence-electron chi connectivity index (χ2n) is 5.40. The summed E-state index contributed by atoms with van der Waals surface area (Å²) in [5.74, 6) is 0. The van der Waals surface area contributed by atoms with Crippen LogP contribution in [0.1, 0.15) is 16.7 Å². The van der Waals surface area contributed by atoms with Crippen molar-refractivity contribution in [1.82, 2.24) is 0 Å². The van der Waals surface area contributed by atoms with Gasteiger partial charge in [0.15, 0.2) is 0 Å². The lowest BCUT2D eigenvalue weighted by atomic mass is 10.1. The van der Waals surface area contributed by atoms with E-state index in [1.54, 1.807) is 9.12 Å². The molecule has 0 atom stereocenters. The second-order valence-corrected chi connectivity index (χ2v) is 5.40. The summed E-state index contributed by atoms with van der Waals surface area (Å²) in [5.41, 5.74) is 6.61. The quantitative estimate of drug-likeness (QED) is 0.471. The smallest absolute Gasteiger partial charge is 0.138 e. The summed E-state index contributed by atoms with van der Waals surface area (Å²) in [7, 11) is 1.72. The molecule has 0 spiro atoms. The van der Waals surface area contributed by atoms with Crippen molar-refractivity contribution in [1.29, 1.82) is 0 Å². The Morgan fingerprint density at radius 3 is 1.04 bits per heavy atom. The lowest BCUT2D eigenvalue weighted by Crippen LogP contribution is -1.78. The molecule has 23 heavy (non-hydrogen) atoms. The Kier molecular flexibility index (Phi) is 8.57. The van der Waals surface area contributed by atoms with Crippen LogP contribution in [0.3, 0.4) is 0 Å². The zero-order chi connectivity index (χ0) is 17.1. The van der Waals surface area contributed by atoms with Gasteiger partial charge in [-0.3, -0.25) is 4.57 Å². The van der Waals surface area contributed by atoms with Gasteiger partial charge in [-0.2, -0.15) is 0 Å². The molecule has 0 aliphatic rings. The van der Waals surface area contributed by atoms with Crippen LogP contribution in [0.25, 0.3) is 11.1 Å². The van der Waals surface area contributed by atoms with Crippen molar-refractivity contribution >= 4 is 9.12 Å². The Morgan fingerprint density at radius 1 is 0.522 bits per heavy atom. The van der Waals surface area contributed by atoms with E-state index in [-0.39, 0.29) is 0 Å². The molecule has 0 unspecified atom stereocenters. The molecule has 0 N–H and O–H groups in total. The van der Waals surface area contributed by atoms with Gasteiger partial charge in [0.25, 0.3) is 0 Å². The molecule has 2 heteroatoms. The maximum atomic E-state index is 8.06. The zero-order valence-electron chi connectivity index (χ0n) is 13.9. The Hall–Kier alpha value is -2.24. The van der Waals surface area contributed by atoms with Crippen molar-refractivity contribution in [2.45, 2.75) is 20.8 Å². The molecule has 0 bridgehead atoms. The van der Waals surface area contributed by atoms with E-state index in [0.717, 1.165) is 0 Å². The van der Waals surface area contributed by atoms with Crippen LogP contribution in [0.15, 0.2) is 78.9 Å². The first-order valence-corrected chi connectivity index (χ1v) is 7.92. The molecule has 3 rings (SSSR count). The number of hydrogen-bond acceptors (Lipinski definition) is 1. The fraction of sp³-hybridized carbons (Fsp3) is 0.143. The van der Waals surface area contributed by atoms with E-state index < -0.39 is 0 Å². The summed E-state index contributed by atoms with van der Waals surface area (Å²) in [6.45, 7) is 6.38. The number of rotatable bonds is 1. The van der Waals surface area contributed by atoms with Crippen LogP contribution in [0.4, 0.5) is 0 Å². The fourth-order valence-corrected chi connectivity index (χ4v) is 2.46.